The summed E-state index contributed by atoms with van der Waals surface area (Å²) < 4.78 is 5.06. The van der Waals surface area contributed by atoms with Gasteiger partial charge in [-0.3, -0.25) is 14.6 Å². The highest BCUT2D eigenvalue weighted by Crippen LogP contribution is 2.34. The topological polar surface area (TPSA) is 124 Å². The largest absolute Gasteiger partial charge is 0.400 e. The molecule has 2 heterocycles. The number of ether oxygens (including phenoxy) is 1. The first-order valence-corrected chi connectivity index (χ1v) is 10.8. The van der Waals surface area contributed by atoms with Crippen LogP contribution >= 0.6 is 11.8 Å². The van der Waals surface area contributed by atoms with Gasteiger partial charge in [0.05, 0.1) is 30.4 Å². The van der Waals surface area contributed by atoms with Gasteiger partial charge in [0.2, 0.25) is 5.91 Å². The minimum atomic E-state index is -0.779. The number of methoxy groups -OCH3 is 1. The summed E-state index contributed by atoms with van der Waals surface area (Å²) in [6.45, 7) is 3.52. The second-order valence-electron chi connectivity index (χ2n) is 7.29. The first kappa shape index (κ1) is 22.8. The summed E-state index contributed by atoms with van der Waals surface area (Å²) in [5, 5.41) is 11.5. The monoisotopic (exact) mass is 442 g/mol. The first-order chi connectivity index (χ1) is 14.9. The molecule has 1 unspecified atom stereocenters. The van der Waals surface area contributed by atoms with Crippen LogP contribution in [0.3, 0.4) is 0 Å². The van der Waals surface area contributed by atoms with E-state index < -0.39 is 5.25 Å². The molecule has 164 valence electrons. The standard InChI is InChI=1S/C21H26N6O3S/c1-26-7-9-27(10-8-26)21(29)16-17(23)18(31-20(16)24-6-11-30-2)19(28)25-15-5-3-4-14(12-15)13-22/h3-5,12,18H,6-11,23H2,1-2H3,(H,25,28). The number of thioether (sulfide) groups is 1. The minimum Gasteiger partial charge on any atom is -0.400 e. The maximum atomic E-state index is 13.2. The molecule has 0 aliphatic carbocycles. The van der Waals surface area contributed by atoms with Crippen molar-refractivity contribution in [3.8, 4) is 6.07 Å². The summed E-state index contributed by atoms with van der Waals surface area (Å²) in [6, 6.07) is 8.67. The normalized spacial score (nSPS) is 20.7. The third-order valence-corrected chi connectivity index (χ3v) is 6.33. The van der Waals surface area contributed by atoms with Crippen LogP contribution in [0.25, 0.3) is 0 Å². The van der Waals surface area contributed by atoms with Crippen molar-refractivity contribution in [3.63, 3.8) is 0 Å². The Labute approximate surface area is 185 Å². The zero-order valence-electron chi connectivity index (χ0n) is 17.6. The predicted octanol–water partition coefficient (Wildman–Crippen LogP) is 0.644. The lowest BCUT2D eigenvalue weighted by Crippen LogP contribution is -2.48. The molecule has 0 aromatic heterocycles. The molecule has 1 aromatic carbocycles. The predicted molar refractivity (Wildman–Crippen MR) is 121 cm³/mol. The van der Waals surface area contributed by atoms with Crippen LogP contribution in [-0.4, -0.2) is 85.4 Å². The zero-order chi connectivity index (χ0) is 22.4. The number of benzene rings is 1. The highest BCUT2D eigenvalue weighted by molar-refractivity contribution is 8.16. The van der Waals surface area contributed by atoms with Crippen molar-refractivity contribution in [2.45, 2.75) is 5.25 Å². The van der Waals surface area contributed by atoms with Crippen LogP contribution < -0.4 is 11.1 Å². The summed E-state index contributed by atoms with van der Waals surface area (Å²) in [5.41, 5.74) is 7.78. The van der Waals surface area contributed by atoms with E-state index in [0.29, 0.717) is 48.1 Å². The molecule has 1 atom stereocenters. The molecule has 31 heavy (non-hydrogen) atoms. The molecule has 1 fully saturated rings. The van der Waals surface area contributed by atoms with Gasteiger partial charge in [-0.15, -0.1) is 0 Å². The van der Waals surface area contributed by atoms with Crippen LogP contribution in [0, 0.1) is 11.3 Å². The van der Waals surface area contributed by atoms with E-state index in [4.69, 9.17) is 15.7 Å². The van der Waals surface area contributed by atoms with E-state index in [0.717, 1.165) is 13.1 Å². The van der Waals surface area contributed by atoms with Crippen LogP contribution in [-0.2, 0) is 14.3 Å². The Morgan fingerprint density at radius 3 is 2.77 bits per heavy atom. The summed E-state index contributed by atoms with van der Waals surface area (Å²) in [7, 11) is 3.59. The Morgan fingerprint density at radius 1 is 1.35 bits per heavy atom. The molecule has 2 amide bonds. The minimum absolute atomic E-state index is 0.198. The fraction of sp³-hybridized carbons (Fsp3) is 0.429. The van der Waals surface area contributed by atoms with Gasteiger partial charge in [-0.05, 0) is 25.2 Å². The number of nitriles is 1. The Bertz CT molecular complexity index is 947. The van der Waals surface area contributed by atoms with Crippen LogP contribution in [0.15, 0.2) is 40.5 Å². The van der Waals surface area contributed by atoms with Gasteiger partial charge in [-0.25, -0.2) is 0 Å². The number of likely N-dealkylation sites (N-methyl/N-ethyl adjacent to an activating group) is 1. The van der Waals surface area contributed by atoms with E-state index in [1.165, 1.54) is 11.8 Å². The molecule has 0 saturated carbocycles. The number of amides is 2. The number of anilines is 1. The fourth-order valence-electron chi connectivity index (χ4n) is 3.30. The Hall–Kier alpha value is -2.87. The van der Waals surface area contributed by atoms with E-state index in [1.54, 1.807) is 36.3 Å². The number of piperazine rings is 1. The molecule has 1 saturated heterocycles. The molecule has 10 heteroatoms. The summed E-state index contributed by atoms with van der Waals surface area (Å²) in [4.78, 5) is 34.6. The number of hydrogen-bond donors (Lipinski definition) is 2. The third kappa shape index (κ3) is 5.44. The number of rotatable bonds is 6. The molecule has 1 aromatic rings. The summed E-state index contributed by atoms with van der Waals surface area (Å²) in [6.07, 6.45) is 0. The third-order valence-electron chi connectivity index (χ3n) is 5.07. The second-order valence-corrected chi connectivity index (χ2v) is 8.38. The van der Waals surface area contributed by atoms with Crippen LogP contribution in [0.1, 0.15) is 5.56 Å². The smallest absolute Gasteiger partial charge is 0.258 e. The summed E-state index contributed by atoms with van der Waals surface area (Å²) in [5.74, 6) is -0.561. The van der Waals surface area contributed by atoms with E-state index >= 15 is 0 Å². The van der Waals surface area contributed by atoms with Gasteiger partial charge in [0.25, 0.3) is 5.91 Å². The molecule has 2 aliphatic heterocycles. The van der Waals surface area contributed by atoms with Gasteiger partial charge in [0.15, 0.2) is 0 Å². The number of carbonyl (C=O) groups is 2. The number of nitrogens with one attached hydrogen (secondary N) is 1. The molecule has 0 bridgehead atoms. The van der Waals surface area contributed by atoms with Gasteiger partial charge in [0.1, 0.15) is 10.3 Å². The summed E-state index contributed by atoms with van der Waals surface area (Å²) >= 11 is 1.17. The number of aliphatic imine (C=N–C) groups is 1. The second kappa shape index (κ2) is 10.4. The number of hydrogen-bond acceptors (Lipinski definition) is 8. The molecule has 0 spiro atoms. The number of nitrogens with two attached hydrogens (primary N) is 1. The molecule has 2 aliphatic rings. The van der Waals surface area contributed by atoms with Gasteiger partial charge in [-0.2, -0.15) is 5.26 Å². The SMILES string of the molecule is COCCN=C1SC(C(=O)Nc2cccc(C#N)c2)C(N)=C1C(=O)N1CCN(C)CC1. The van der Waals surface area contributed by atoms with Gasteiger partial charge >= 0.3 is 0 Å². The van der Waals surface area contributed by atoms with Crippen molar-refractivity contribution in [1.82, 2.24) is 9.80 Å². The molecule has 9 nitrogen and oxygen atoms in total. The van der Waals surface area contributed by atoms with Crippen molar-refractivity contribution in [1.29, 1.82) is 5.26 Å². The van der Waals surface area contributed by atoms with Crippen molar-refractivity contribution in [3.05, 3.63) is 41.1 Å². The fourth-order valence-corrected chi connectivity index (χ4v) is 4.42. The number of nitrogens with zero attached hydrogens (tertiary/aromatic N) is 4. The van der Waals surface area contributed by atoms with Crippen LogP contribution in [0.4, 0.5) is 5.69 Å². The Morgan fingerprint density at radius 2 is 2.10 bits per heavy atom. The highest BCUT2D eigenvalue weighted by Gasteiger charge is 2.40. The van der Waals surface area contributed by atoms with E-state index in [9.17, 15) is 9.59 Å². The average Bonchev–Trinajstić information content (AvgIpc) is 3.10. The van der Waals surface area contributed by atoms with Crippen LogP contribution in [0.5, 0.6) is 0 Å². The lowest BCUT2D eigenvalue weighted by Gasteiger charge is -2.32. The Kier molecular flexibility index (Phi) is 7.68. The van der Waals surface area contributed by atoms with Gasteiger partial charge in [-0.1, -0.05) is 17.8 Å². The van der Waals surface area contributed by atoms with Crippen molar-refractivity contribution < 1.29 is 14.3 Å². The average molecular weight is 443 g/mol. The van der Waals surface area contributed by atoms with Crippen molar-refractivity contribution in [2.24, 2.45) is 10.7 Å². The lowest BCUT2D eigenvalue weighted by atomic mass is 10.1. The van der Waals surface area contributed by atoms with Crippen LogP contribution in [0.2, 0.25) is 0 Å². The zero-order valence-corrected chi connectivity index (χ0v) is 18.4. The Balaban J connectivity index is 1.83. The maximum Gasteiger partial charge on any atom is 0.258 e. The number of carbonyl (C=O) groups excluding carboxylic acids is 2. The van der Waals surface area contributed by atoms with Crippen molar-refractivity contribution >= 4 is 34.3 Å². The van der Waals surface area contributed by atoms with E-state index in [-0.39, 0.29) is 17.5 Å². The maximum absolute atomic E-state index is 13.2. The molecule has 3 N–H and O–H groups in total. The first-order valence-electron chi connectivity index (χ1n) is 9.93. The molecular formula is C21H26N6O3S. The van der Waals surface area contributed by atoms with E-state index in [2.05, 4.69) is 15.2 Å². The quantitative estimate of drug-likeness (QED) is 0.620. The van der Waals surface area contributed by atoms with Gasteiger partial charge < -0.3 is 25.6 Å². The van der Waals surface area contributed by atoms with E-state index in [1.807, 2.05) is 13.1 Å². The lowest BCUT2D eigenvalue weighted by molar-refractivity contribution is -0.128. The molecule has 3 rings (SSSR count). The van der Waals surface area contributed by atoms with Gasteiger partial charge in [0, 0.05) is 44.7 Å². The molecular weight excluding hydrogens is 416 g/mol. The van der Waals surface area contributed by atoms with Crippen molar-refractivity contribution in [2.75, 3.05) is 58.8 Å². The molecule has 0 radical (unpaired) electrons. The highest BCUT2D eigenvalue weighted by atomic mass is 32.2.